The van der Waals surface area contributed by atoms with Crippen LogP contribution in [0.3, 0.4) is 0 Å². The summed E-state index contributed by atoms with van der Waals surface area (Å²) in [5, 5.41) is 4.04. The molecular formula is C10H10N4O2S. The zero-order chi connectivity index (χ0) is 12.4. The zero-order valence-electron chi connectivity index (χ0n) is 9.30. The Morgan fingerprint density at radius 3 is 2.94 bits per heavy atom. The van der Waals surface area contributed by atoms with Gasteiger partial charge in [-0.05, 0) is 6.07 Å². The van der Waals surface area contributed by atoms with Gasteiger partial charge in [-0.1, -0.05) is 12.2 Å². The minimum Gasteiger partial charge on any atom is -0.463 e. The fourth-order valence-electron chi connectivity index (χ4n) is 1.37. The fourth-order valence-corrected chi connectivity index (χ4v) is 1.58. The first-order valence-corrected chi connectivity index (χ1v) is 5.19. The van der Waals surface area contributed by atoms with Crippen LogP contribution in [0.1, 0.15) is 10.6 Å². The van der Waals surface area contributed by atoms with Gasteiger partial charge in [-0.25, -0.2) is 9.78 Å². The molecule has 0 saturated heterocycles. The number of carbonyl (C=O) groups excluding carboxylic acids is 1. The summed E-state index contributed by atoms with van der Waals surface area (Å²) in [5.41, 5.74) is 1.50. The lowest BCUT2D eigenvalue weighted by atomic mass is 10.2. The van der Waals surface area contributed by atoms with E-state index in [1.807, 2.05) is 6.20 Å². The van der Waals surface area contributed by atoms with Gasteiger partial charge < -0.3 is 9.72 Å². The number of rotatable bonds is 2. The second kappa shape index (κ2) is 4.46. The third-order valence-electron chi connectivity index (χ3n) is 2.14. The van der Waals surface area contributed by atoms with Crippen molar-refractivity contribution in [1.82, 2.24) is 19.7 Å². The minimum atomic E-state index is -0.554. The highest BCUT2D eigenvalue weighted by molar-refractivity contribution is 7.71. The summed E-state index contributed by atoms with van der Waals surface area (Å²) in [7, 11) is 3.10. The normalized spacial score (nSPS) is 10.2. The first kappa shape index (κ1) is 11.5. The highest BCUT2D eigenvalue weighted by atomic mass is 32.1. The van der Waals surface area contributed by atoms with Crippen LogP contribution in [0.5, 0.6) is 0 Å². The highest BCUT2D eigenvalue weighted by Crippen LogP contribution is 2.15. The molecule has 0 aliphatic heterocycles. The average Bonchev–Trinajstić information content (AvgIpc) is 2.74. The number of hydrogen-bond acceptors (Lipinski definition) is 5. The molecule has 2 heterocycles. The molecule has 2 aromatic rings. The third-order valence-corrected chi connectivity index (χ3v) is 2.35. The SMILES string of the molecule is COC(=O)c1nc(=S)cc(-c2cnn(C)c2)[nH]1. The molecule has 0 spiro atoms. The molecule has 17 heavy (non-hydrogen) atoms. The minimum absolute atomic E-state index is 0.0823. The highest BCUT2D eigenvalue weighted by Gasteiger charge is 2.10. The maximum absolute atomic E-state index is 11.4. The van der Waals surface area contributed by atoms with Gasteiger partial charge in [-0.15, -0.1) is 0 Å². The average molecular weight is 250 g/mol. The van der Waals surface area contributed by atoms with Crippen LogP contribution in [0.15, 0.2) is 18.5 Å². The Labute approximate surface area is 102 Å². The van der Waals surface area contributed by atoms with Gasteiger partial charge in [-0.3, -0.25) is 4.68 Å². The smallest absolute Gasteiger partial charge is 0.374 e. The zero-order valence-corrected chi connectivity index (χ0v) is 10.1. The molecule has 6 nitrogen and oxygen atoms in total. The number of esters is 1. The molecule has 0 unspecified atom stereocenters. The van der Waals surface area contributed by atoms with Gasteiger partial charge in [0.2, 0.25) is 5.82 Å². The van der Waals surface area contributed by atoms with Crippen molar-refractivity contribution in [3.05, 3.63) is 28.9 Å². The molecule has 1 N–H and O–H groups in total. The summed E-state index contributed by atoms with van der Waals surface area (Å²) in [4.78, 5) is 18.1. The Morgan fingerprint density at radius 2 is 2.35 bits per heavy atom. The molecule has 0 radical (unpaired) electrons. The van der Waals surface area contributed by atoms with E-state index < -0.39 is 5.97 Å². The Kier molecular flexibility index (Phi) is 3.01. The topological polar surface area (TPSA) is 72.8 Å². The number of ether oxygens (including phenoxy) is 1. The predicted molar refractivity (Wildman–Crippen MR) is 63.0 cm³/mol. The Balaban J connectivity index is 2.52. The van der Waals surface area contributed by atoms with E-state index in [-0.39, 0.29) is 5.82 Å². The molecule has 7 heteroatoms. The van der Waals surface area contributed by atoms with Crippen molar-refractivity contribution >= 4 is 18.2 Å². The van der Waals surface area contributed by atoms with E-state index in [0.29, 0.717) is 10.3 Å². The van der Waals surface area contributed by atoms with Crippen LogP contribution in [0.25, 0.3) is 11.3 Å². The monoisotopic (exact) mass is 250 g/mol. The van der Waals surface area contributed by atoms with E-state index in [0.717, 1.165) is 5.56 Å². The van der Waals surface area contributed by atoms with Gasteiger partial charge in [0.25, 0.3) is 0 Å². The van der Waals surface area contributed by atoms with Crippen molar-refractivity contribution in [2.45, 2.75) is 0 Å². The van der Waals surface area contributed by atoms with E-state index in [1.54, 1.807) is 24.0 Å². The van der Waals surface area contributed by atoms with Crippen molar-refractivity contribution in [2.24, 2.45) is 7.05 Å². The summed E-state index contributed by atoms with van der Waals surface area (Å²) in [5.74, 6) is -0.472. The molecule has 0 aliphatic rings. The summed E-state index contributed by atoms with van der Waals surface area (Å²) < 4.78 is 6.57. The maximum atomic E-state index is 11.4. The number of H-pyrrole nitrogens is 1. The second-order valence-corrected chi connectivity index (χ2v) is 3.79. The van der Waals surface area contributed by atoms with Gasteiger partial charge in [0.1, 0.15) is 4.64 Å². The second-order valence-electron chi connectivity index (χ2n) is 3.38. The molecule has 2 rings (SSSR count). The molecule has 0 aliphatic carbocycles. The lowest BCUT2D eigenvalue weighted by Crippen LogP contribution is -2.08. The van der Waals surface area contributed by atoms with Crippen LogP contribution in [-0.4, -0.2) is 32.8 Å². The lowest BCUT2D eigenvalue weighted by Gasteiger charge is -2.02. The van der Waals surface area contributed by atoms with E-state index >= 15 is 0 Å². The predicted octanol–water partition coefficient (Wildman–Crippen LogP) is 1.33. The number of nitrogens with one attached hydrogen (secondary N) is 1. The van der Waals surface area contributed by atoms with Crippen LogP contribution in [0, 0.1) is 4.64 Å². The maximum Gasteiger partial charge on any atom is 0.374 e. The molecular weight excluding hydrogens is 240 g/mol. The van der Waals surface area contributed by atoms with Crippen molar-refractivity contribution in [3.8, 4) is 11.3 Å². The third kappa shape index (κ3) is 2.39. The van der Waals surface area contributed by atoms with Gasteiger partial charge >= 0.3 is 5.97 Å². The molecule has 88 valence electrons. The molecule has 0 bridgehead atoms. The number of aromatic nitrogens is 4. The molecule has 0 amide bonds. The van der Waals surface area contributed by atoms with Crippen molar-refractivity contribution in [1.29, 1.82) is 0 Å². The molecule has 0 aromatic carbocycles. The number of aryl methyl sites for hydroxylation is 1. The van der Waals surface area contributed by atoms with Gasteiger partial charge in [0.05, 0.1) is 19.0 Å². The van der Waals surface area contributed by atoms with Crippen LogP contribution in [0.2, 0.25) is 0 Å². The largest absolute Gasteiger partial charge is 0.463 e. The lowest BCUT2D eigenvalue weighted by molar-refractivity contribution is 0.0586. The first-order chi connectivity index (χ1) is 8.10. The number of methoxy groups -OCH3 is 1. The Hall–Kier alpha value is -2.02. The molecule has 0 fully saturated rings. The van der Waals surface area contributed by atoms with Gasteiger partial charge in [0, 0.05) is 18.8 Å². The Bertz CT molecular complexity index is 617. The van der Waals surface area contributed by atoms with Crippen LogP contribution in [-0.2, 0) is 11.8 Å². The van der Waals surface area contributed by atoms with Gasteiger partial charge in [-0.2, -0.15) is 5.10 Å². The summed E-state index contributed by atoms with van der Waals surface area (Å²) >= 11 is 4.99. The number of hydrogen-bond donors (Lipinski definition) is 1. The molecule has 0 atom stereocenters. The van der Waals surface area contributed by atoms with E-state index in [9.17, 15) is 4.79 Å². The van der Waals surface area contributed by atoms with Crippen LogP contribution >= 0.6 is 12.2 Å². The summed E-state index contributed by atoms with van der Waals surface area (Å²) in [6.07, 6.45) is 3.48. The summed E-state index contributed by atoms with van der Waals surface area (Å²) in [6, 6.07) is 1.67. The van der Waals surface area contributed by atoms with Crippen LogP contribution in [0.4, 0.5) is 0 Å². The Morgan fingerprint density at radius 1 is 1.59 bits per heavy atom. The first-order valence-electron chi connectivity index (χ1n) is 4.79. The van der Waals surface area contributed by atoms with Gasteiger partial charge in [0.15, 0.2) is 0 Å². The summed E-state index contributed by atoms with van der Waals surface area (Å²) in [6.45, 7) is 0. The molecule has 0 saturated carbocycles. The standard InChI is InChI=1S/C10H10N4O2S/c1-14-5-6(4-11-14)7-3-8(17)13-9(12-7)10(15)16-2/h3-5H,1-2H3,(H,12,13,17). The van der Waals surface area contributed by atoms with E-state index in [1.165, 1.54) is 7.11 Å². The van der Waals surface area contributed by atoms with Crippen molar-refractivity contribution in [3.63, 3.8) is 0 Å². The fraction of sp³-hybridized carbons (Fsp3) is 0.200. The number of nitrogens with zero attached hydrogens (tertiary/aromatic N) is 3. The van der Waals surface area contributed by atoms with E-state index in [2.05, 4.69) is 19.8 Å². The van der Waals surface area contributed by atoms with Crippen LogP contribution < -0.4 is 0 Å². The van der Waals surface area contributed by atoms with Crippen molar-refractivity contribution in [2.75, 3.05) is 7.11 Å². The molecule has 2 aromatic heterocycles. The van der Waals surface area contributed by atoms with Crippen molar-refractivity contribution < 1.29 is 9.53 Å². The number of aromatic amines is 1. The number of carbonyl (C=O) groups is 1. The quantitative estimate of drug-likeness (QED) is 0.643. The van der Waals surface area contributed by atoms with E-state index in [4.69, 9.17) is 12.2 Å².